The van der Waals surface area contributed by atoms with Crippen LogP contribution >= 0.6 is 0 Å². The summed E-state index contributed by atoms with van der Waals surface area (Å²) in [5.74, 6) is -1.21. The van der Waals surface area contributed by atoms with Crippen LogP contribution in [0.25, 0.3) is 5.65 Å². The van der Waals surface area contributed by atoms with Crippen molar-refractivity contribution in [1.29, 1.82) is 0 Å². The van der Waals surface area contributed by atoms with E-state index in [4.69, 9.17) is 14.8 Å². The van der Waals surface area contributed by atoms with Crippen molar-refractivity contribution in [2.75, 3.05) is 13.1 Å². The SMILES string of the molecule is CCc1c(C)nc2cc(C3CCC(C(F)(F)F)CC3)nn2c1[C@@]1(C)CCCN(C(=O)OC(C)(C)C)C1. The van der Waals surface area contributed by atoms with Crippen LogP contribution in [0.1, 0.15) is 102 Å². The number of ether oxygens (including phenoxy) is 1. The number of likely N-dealkylation sites (tertiary alicyclic amines) is 1. The van der Waals surface area contributed by atoms with Gasteiger partial charge in [-0.05, 0) is 78.2 Å². The minimum absolute atomic E-state index is 0.000886. The highest BCUT2D eigenvalue weighted by atomic mass is 19.4. The van der Waals surface area contributed by atoms with E-state index in [0.29, 0.717) is 25.9 Å². The van der Waals surface area contributed by atoms with Gasteiger partial charge in [-0.15, -0.1) is 0 Å². The van der Waals surface area contributed by atoms with Gasteiger partial charge >= 0.3 is 12.3 Å². The van der Waals surface area contributed by atoms with Gasteiger partial charge in [-0.1, -0.05) is 13.8 Å². The zero-order valence-electron chi connectivity index (χ0n) is 22.3. The normalized spacial score (nSPS) is 25.9. The molecule has 4 rings (SSSR count). The predicted octanol–water partition coefficient (Wildman–Crippen LogP) is 6.72. The Morgan fingerprint density at radius 1 is 1.19 bits per heavy atom. The van der Waals surface area contributed by atoms with Gasteiger partial charge in [0, 0.05) is 36.2 Å². The third-order valence-corrected chi connectivity index (χ3v) is 7.81. The molecule has 2 aromatic heterocycles. The Kier molecular flexibility index (Phi) is 7.07. The first kappa shape index (κ1) is 26.7. The van der Waals surface area contributed by atoms with Crippen molar-refractivity contribution >= 4 is 11.7 Å². The summed E-state index contributed by atoms with van der Waals surface area (Å²) in [6, 6.07) is 1.95. The van der Waals surface area contributed by atoms with E-state index in [1.54, 1.807) is 4.90 Å². The van der Waals surface area contributed by atoms with E-state index in [-0.39, 0.29) is 30.3 Å². The molecule has 1 saturated carbocycles. The highest BCUT2D eigenvalue weighted by molar-refractivity contribution is 5.68. The highest BCUT2D eigenvalue weighted by Gasteiger charge is 2.43. The van der Waals surface area contributed by atoms with Crippen LogP contribution in [0, 0.1) is 12.8 Å². The molecule has 2 aliphatic rings. The maximum atomic E-state index is 13.2. The molecular formula is C27H39F3N4O2. The Morgan fingerprint density at radius 2 is 1.86 bits per heavy atom. The lowest BCUT2D eigenvalue weighted by molar-refractivity contribution is -0.182. The number of nitrogens with zero attached hydrogens (tertiary/aromatic N) is 4. The Balaban J connectivity index is 1.69. The van der Waals surface area contributed by atoms with Crippen LogP contribution in [0.5, 0.6) is 0 Å². The number of hydrogen-bond acceptors (Lipinski definition) is 4. The van der Waals surface area contributed by atoms with Gasteiger partial charge in [-0.2, -0.15) is 18.3 Å². The van der Waals surface area contributed by atoms with E-state index in [9.17, 15) is 18.0 Å². The van der Waals surface area contributed by atoms with Crippen LogP contribution in [0.3, 0.4) is 0 Å². The summed E-state index contributed by atoms with van der Waals surface area (Å²) in [5, 5.41) is 4.96. The van der Waals surface area contributed by atoms with E-state index in [1.165, 1.54) is 0 Å². The number of rotatable bonds is 3. The van der Waals surface area contributed by atoms with Crippen LogP contribution < -0.4 is 0 Å². The maximum absolute atomic E-state index is 13.2. The Bertz CT molecular complexity index is 1110. The third kappa shape index (κ3) is 5.35. The van der Waals surface area contributed by atoms with Crippen LogP contribution in [-0.4, -0.2) is 50.5 Å². The molecule has 3 heterocycles. The maximum Gasteiger partial charge on any atom is 0.410 e. The monoisotopic (exact) mass is 508 g/mol. The lowest BCUT2D eigenvalue weighted by Crippen LogP contribution is -2.49. The molecule has 9 heteroatoms. The molecule has 0 radical (unpaired) electrons. The lowest BCUT2D eigenvalue weighted by atomic mass is 9.76. The zero-order valence-corrected chi connectivity index (χ0v) is 22.3. The first-order valence-corrected chi connectivity index (χ1v) is 13.2. The summed E-state index contributed by atoms with van der Waals surface area (Å²) in [4.78, 5) is 19.5. The second kappa shape index (κ2) is 9.53. The topological polar surface area (TPSA) is 59.7 Å². The van der Waals surface area contributed by atoms with Crippen LogP contribution in [0.4, 0.5) is 18.0 Å². The standard InChI is InChI=1S/C27H39F3N4O2/c1-7-20-17(2)31-22-15-21(18-9-11-19(12-10-18)27(28,29)30)32-34(22)23(20)26(6)13-8-14-33(16-26)24(35)36-25(3,4)5/h15,18-19H,7-14,16H2,1-6H3/t18?,19?,26-/m0/s1. The predicted molar refractivity (Wildman–Crippen MR) is 132 cm³/mol. The summed E-state index contributed by atoms with van der Waals surface area (Å²) in [7, 11) is 0. The fourth-order valence-corrected chi connectivity index (χ4v) is 6.05. The molecule has 1 saturated heterocycles. The van der Waals surface area contributed by atoms with Gasteiger partial charge in [0.15, 0.2) is 5.65 Å². The van der Waals surface area contributed by atoms with Gasteiger partial charge in [0.25, 0.3) is 0 Å². The lowest BCUT2D eigenvalue weighted by Gasteiger charge is -2.42. The van der Waals surface area contributed by atoms with Crippen molar-refractivity contribution in [3.8, 4) is 0 Å². The fraction of sp³-hybridized carbons (Fsp3) is 0.741. The summed E-state index contributed by atoms with van der Waals surface area (Å²) in [6.07, 6.45) is -0.676. The van der Waals surface area contributed by atoms with Crippen molar-refractivity contribution < 1.29 is 22.7 Å². The summed E-state index contributed by atoms with van der Waals surface area (Å²) in [6.45, 7) is 13.0. The van der Waals surface area contributed by atoms with Crippen molar-refractivity contribution in [3.63, 3.8) is 0 Å². The second-order valence-corrected chi connectivity index (χ2v) is 11.9. The number of piperidine rings is 1. The minimum atomic E-state index is -4.12. The fourth-order valence-electron chi connectivity index (χ4n) is 6.05. The average Bonchev–Trinajstić information content (AvgIpc) is 3.19. The largest absolute Gasteiger partial charge is 0.444 e. The number of aromatic nitrogens is 3. The molecule has 200 valence electrons. The van der Waals surface area contributed by atoms with Crippen molar-refractivity contribution in [2.45, 2.75) is 110 Å². The molecule has 2 aromatic rings. The van der Waals surface area contributed by atoms with E-state index < -0.39 is 17.7 Å². The highest BCUT2D eigenvalue weighted by Crippen LogP contribution is 2.43. The van der Waals surface area contributed by atoms with Crippen molar-refractivity contribution in [3.05, 3.63) is 28.7 Å². The molecule has 6 nitrogen and oxygen atoms in total. The molecule has 1 atom stereocenters. The number of carbonyl (C=O) groups is 1. The van der Waals surface area contributed by atoms with Crippen molar-refractivity contribution in [1.82, 2.24) is 19.5 Å². The molecule has 0 aromatic carbocycles. The molecule has 1 aliphatic heterocycles. The molecular weight excluding hydrogens is 469 g/mol. The second-order valence-electron chi connectivity index (χ2n) is 11.9. The van der Waals surface area contributed by atoms with Gasteiger partial charge in [0.1, 0.15) is 5.60 Å². The van der Waals surface area contributed by atoms with E-state index >= 15 is 0 Å². The van der Waals surface area contributed by atoms with Crippen molar-refractivity contribution in [2.24, 2.45) is 5.92 Å². The number of halogens is 3. The summed E-state index contributed by atoms with van der Waals surface area (Å²) >= 11 is 0. The van der Waals surface area contributed by atoms with Gasteiger partial charge in [-0.3, -0.25) is 0 Å². The molecule has 0 spiro atoms. The van der Waals surface area contributed by atoms with Gasteiger partial charge in [-0.25, -0.2) is 14.3 Å². The number of carbonyl (C=O) groups excluding carboxylic acids is 1. The van der Waals surface area contributed by atoms with Crippen LogP contribution in [-0.2, 0) is 16.6 Å². The van der Waals surface area contributed by atoms with Gasteiger partial charge in [0.05, 0.1) is 17.3 Å². The molecule has 2 fully saturated rings. The summed E-state index contributed by atoms with van der Waals surface area (Å²) < 4.78 is 47.1. The molecule has 1 aliphatic carbocycles. The molecule has 0 unspecified atom stereocenters. The van der Waals surface area contributed by atoms with Crippen LogP contribution in [0.2, 0.25) is 0 Å². The van der Waals surface area contributed by atoms with E-state index in [1.807, 2.05) is 38.3 Å². The number of alkyl halides is 3. The molecule has 0 bridgehead atoms. The molecule has 1 amide bonds. The number of hydrogen-bond donors (Lipinski definition) is 0. The first-order valence-electron chi connectivity index (χ1n) is 13.2. The minimum Gasteiger partial charge on any atom is -0.444 e. The quantitative estimate of drug-likeness (QED) is 0.462. The van der Waals surface area contributed by atoms with E-state index in [2.05, 4.69) is 13.8 Å². The first-order chi connectivity index (χ1) is 16.7. The average molecular weight is 509 g/mol. The van der Waals surface area contributed by atoms with Gasteiger partial charge < -0.3 is 9.64 Å². The molecule has 0 N–H and O–H groups in total. The Morgan fingerprint density at radius 3 is 2.44 bits per heavy atom. The smallest absolute Gasteiger partial charge is 0.410 e. The van der Waals surface area contributed by atoms with E-state index in [0.717, 1.165) is 47.6 Å². The number of amides is 1. The number of aryl methyl sites for hydroxylation is 1. The van der Waals surface area contributed by atoms with Crippen LogP contribution in [0.15, 0.2) is 6.07 Å². The summed E-state index contributed by atoms with van der Waals surface area (Å²) in [5.41, 5.74) is 3.72. The third-order valence-electron chi connectivity index (χ3n) is 7.81. The zero-order chi connectivity index (χ0) is 26.5. The Hall–Kier alpha value is -2.32. The van der Waals surface area contributed by atoms with Gasteiger partial charge in [0.2, 0.25) is 0 Å². The Labute approximate surface area is 211 Å². The molecule has 36 heavy (non-hydrogen) atoms. The number of fused-ring (bicyclic) bond motifs is 1.